The lowest BCUT2D eigenvalue weighted by Crippen LogP contribution is -2.19. The number of anilines is 1. The summed E-state index contributed by atoms with van der Waals surface area (Å²) in [6.45, 7) is 6.59. The van der Waals surface area contributed by atoms with Gasteiger partial charge in [0.25, 0.3) is 11.5 Å². The Bertz CT molecular complexity index is 1050. The first-order chi connectivity index (χ1) is 14.5. The fourth-order valence-electron chi connectivity index (χ4n) is 2.95. The summed E-state index contributed by atoms with van der Waals surface area (Å²) in [5, 5.41) is 7.22. The molecular weight excluding hydrogens is 382 g/mol. The third-order valence-corrected chi connectivity index (χ3v) is 4.45. The van der Waals surface area contributed by atoms with Crippen molar-refractivity contribution < 1.29 is 9.53 Å². The number of aryl methyl sites for hydroxylation is 2. The molecule has 0 atom stereocenters. The van der Waals surface area contributed by atoms with E-state index in [1.165, 1.54) is 10.7 Å². The zero-order chi connectivity index (χ0) is 21.5. The third kappa shape index (κ3) is 5.34. The average molecular weight is 409 g/mol. The predicted octanol–water partition coefficient (Wildman–Crippen LogP) is 3.65. The summed E-state index contributed by atoms with van der Waals surface area (Å²) in [5.74, 6) is 1.14. The minimum Gasteiger partial charge on any atom is -0.494 e. The van der Waals surface area contributed by atoms with Gasteiger partial charge in [0.15, 0.2) is 0 Å². The zero-order valence-electron chi connectivity index (χ0n) is 17.6. The number of hydrogen-bond donors (Lipinski definition) is 2. The van der Waals surface area contributed by atoms with Crippen LogP contribution in [0.3, 0.4) is 0 Å². The third-order valence-electron chi connectivity index (χ3n) is 4.45. The molecule has 0 fully saturated rings. The fourth-order valence-corrected chi connectivity index (χ4v) is 2.95. The molecule has 2 aromatic heterocycles. The first kappa shape index (κ1) is 21.3. The molecule has 1 amide bonds. The van der Waals surface area contributed by atoms with Gasteiger partial charge < -0.3 is 10.1 Å². The summed E-state index contributed by atoms with van der Waals surface area (Å²) < 4.78 is 7.07. The van der Waals surface area contributed by atoms with E-state index >= 15 is 0 Å². The molecule has 0 aliphatic rings. The maximum Gasteiger partial charge on any atom is 0.256 e. The molecule has 158 valence electrons. The standard InChI is InChI=1S/C22H27N5O3/c1-4-6-12-30-18-10-8-16(9-11-18)21(29)24-19-13-15(3)26-27(19)22-23-17(7-5-2)14-20(28)25-22/h8-11,13-14H,4-7,12H2,1-3H3,(H,24,29)(H,23,25,28). The van der Waals surface area contributed by atoms with E-state index in [9.17, 15) is 9.59 Å². The normalized spacial score (nSPS) is 10.8. The molecule has 3 aromatic rings. The van der Waals surface area contributed by atoms with E-state index in [2.05, 4.69) is 27.3 Å². The molecule has 0 aliphatic carbocycles. The molecule has 1 aromatic carbocycles. The quantitative estimate of drug-likeness (QED) is 0.525. The molecule has 0 spiro atoms. The average Bonchev–Trinajstić information content (AvgIpc) is 3.08. The summed E-state index contributed by atoms with van der Waals surface area (Å²) in [4.78, 5) is 31.9. The summed E-state index contributed by atoms with van der Waals surface area (Å²) in [5.41, 5.74) is 1.60. The Morgan fingerprint density at radius 2 is 1.93 bits per heavy atom. The largest absolute Gasteiger partial charge is 0.494 e. The number of benzene rings is 1. The van der Waals surface area contributed by atoms with Gasteiger partial charge in [0, 0.05) is 23.4 Å². The van der Waals surface area contributed by atoms with Gasteiger partial charge in [0.2, 0.25) is 5.95 Å². The number of amides is 1. The second-order valence-electron chi connectivity index (χ2n) is 7.07. The van der Waals surface area contributed by atoms with Crippen molar-refractivity contribution in [2.24, 2.45) is 0 Å². The highest BCUT2D eigenvalue weighted by molar-refractivity contribution is 6.04. The molecule has 8 heteroatoms. The number of aromatic nitrogens is 4. The van der Waals surface area contributed by atoms with Crippen molar-refractivity contribution >= 4 is 11.7 Å². The number of unbranched alkanes of at least 4 members (excludes halogenated alkanes) is 1. The number of nitrogens with one attached hydrogen (secondary N) is 2. The van der Waals surface area contributed by atoms with Gasteiger partial charge in [-0.2, -0.15) is 9.78 Å². The van der Waals surface area contributed by atoms with Crippen LogP contribution in [0, 0.1) is 6.92 Å². The summed E-state index contributed by atoms with van der Waals surface area (Å²) >= 11 is 0. The first-order valence-electron chi connectivity index (χ1n) is 10.2. The number of nitrogens with zero attached hydrogens (tertiary/aromatic N) is 3. The Morgan fingerprint density at radius 1 is 1.17 bits per heavy atom. The van der Waals surface area contributed by atoms with Crippen molar-refractivity contribution in [3.05, 3.63) is 63.7 Å². The minimum atomic E-state index is -0.289. The lowest BCUT2D eigenvalue weighted by Gasteiger charge is -2.10. The number of hydrogen-bond acceptors (Lipinski definition) is 5. The topological polar surface area (TPSA) is 102 Å². The summed E-state index contributed by atoms with van der Waals surface area (Å²) in [7, 11) is 0. The molecule has 2 N–H and O–H groups in total. The Morgan fingerprint density at radius 3 is 2.63 bits per heavy atom. The number of aromatic amines is 1. The maximum absolute atomic E-state index is 12.7. The van der Waals surface area contributed by atoms with Crippen LogP contribution in [0.25, 0.3) is 5.95 Å². The van der Waals surface area contributed by atoms with Crippen molar-refractivity contribution in [3.63, 3.8) is 0 Å². The summed E-state index contributed by atoms with van der Waals surface area (Å²) in [6, 6.07) is 10.2. The maximum atomic E-state index is 12.7. The molecule has 2 heterocycles. The van der Waals surface area contributed by atoms with Crippen LogP contribution < -0.4 is 15.6 Å². The molecule has 0 saturated carbocycles. The van der Waals surface area contributed by atoms with Crippen LogP contribution in [0.2, 0.25) is 0 Å². The molecule has 0 unspecified atom stereocenters. The minimum absolute atomic E-state index is 0.257. The second-order valence-corrected chi connectivity index (χ2v) is 7.07. The van der Waals surface area contributed by atoms with Crippen LogP contribution in [-0.2, 0) is 6.42 Å². The van der Waals surface area contributed by atoms with Crippen LogP contribution in [-0.4, -0.2) is 32.3 Å². The lowest BCUT2D eigenvalue weighted by molar-refractivity contribution is 0.102. The van der Waals surface area contributed by atoms with Gasteiger partial charge in [0.1, 0.15) is 11.6 Å². The van der Waals surface area contributed by atoms with E-state index in [0.29, 0.717) is 35.8 Å². The predicted molar refractivity (Wildman–Crippen MR) is 116 cm³/mol. The lowest BCUT2D eigenvalue weighted by atomic mass is 10.2. The van der Waals surface area contributed by atoms with Crippen LogP contribution in [0.1, 0.15) is 54.9 Å². The highest BCUT2D eigenvalue weighted by Gasteiger charge is 2.15. The zero-order valence-corrected chi connectivity index (χ0v) is 17.6. The van der Waals surface area contributed by atoms with E-state index in [0.717, 1.165) is 25.0 Å². The molecule has 0 saturated heterocycles. The smallest absolute Gasteiger partial charge is 0.256 e. The molecular formula is C22H27N5O3. The molecule has 30 heavy (non-hydrogen) atoms. The Balaban J connectivity index is 1.80. The molecule has 0 bridgehead atoms. The number of rotatable bonds is 9. The van der Waals surface area contributed by atoms with E-state index in [4.69, 9.17) is 4.74 Å². The van der Waals surface area contributed by atoms with Crippen LogP contribution in [0.5, 0.6) is 5.75 Å². The Hall–Kier alpha value is -3.42. The van der Waals surface area contributed by atoms with Gasteiger partial charge in [0.05, 0.1) is 12.3 Å². The number of carbonyl (C=O) groups excluding carboxylic acids is 1. The van der Waals surface area contributed by atoms with Crippen LogP contribution in [0.4, 0.5) is 5.82 Å². The molecule has 8 nitrogen and oxygen atoms in total. The van der Waals surface area contributed by atoms with Gasteiger partial charge in [-0.1, -0.05) is 26.7 Å². The van der Waals surface area contributed by atoms with E-state index in [1.807, 2.05) is 13.8 Å². The Labute approximate surface area is 175 Å². The van der Waals surface area contributed by atoms with Gasteiger partial charge in [-0.25, -0.2) is 4.98 Å². The van der Waals surface area contributed by atoms with E-state index < -0.39 is 0 Å². The van der Waals surface area contributed by atoms with Crippen molar-refractivity contribution in [1.29, 1.82) is 0 Å². The highest BCUT2D eigenvalue weighted by Crippen LogP contribution is 2.17. The summed E-state index contributed by atoms with van der Waals surface area (Å²) in [6.07, 6.45) is 3.61. The molecule has 3 rings (SSSR count). The first-order valence-corrected chi connectivity index (χ1v) is 10.2. The highest BCUT2D eigenvalue weighted by atomic mass is 16.5. The van der Waals surface area contributed by atoms with Crippen molar-refractivity contribution in [2.45, 2.75) is 46.5 Å². The van der Waals surface area contributed by atoms with Crippen molar-refractivity contribution in [1.82, 2.24) is 19.7 Å². The molecule has 0 aliphatic heterocycles. The number of carbonyl (C=O) groups is 1. The number of ether oxygens (including phenoxy) is 1. The van der Waals surface area contributed by atoms with Crippen molar-refractivity contribution in [3.8, 4) is 11.7 Å². The fraction of sp³-hybridized carbons (Fsp3) is 0.364. The van der Waals surface area contributed by atoms with E-state index in [-0.39, 0.29) is 17.4 Å². The number of H-pyrrole nitrogens is 1. The molecule has 0 radical (unpaired) electrons. The monoisotopic (exact) mass is 409 g/mol. The Kier molecular flexibility index (Phi) is 7.00. The van der Waals surface area contributed by atoms with Crippen molar-refractivity contribution in [2.75, 3.05) is 11.9 Å². The van der Waals surface area contributed by atoms with Gasteiger partial charge >= 0.3 is 0 Å². The second kappa shape index (κ2) is 9.87. The SMILES string of the molecule is CCCCOc1ccc(C(=O)Nc2cc(C)nn2-c2nc(CCC)cc(=O)[nH]2)cc1. The van der Waals surface area contributed by atoms with Gasteiger partial charge in [-0.05, 0) is 44.0 Å². The van der Waals surface area contributed by atoms with Gasteiger partial charge in [-0.15, -0.1) is 0 Å². The van der Waals surface area contributed by atoms with E-state index in [1.54, 1.807) is 30.3 Å². The van der Waals surface area contributed by atoms with Crippen LogP contribution in [0.15, 0.2) is 41.2 Å². The van der Waals surface area contributed by atoms with Crippen LogP contribution >= 0.6 is 0 Å². The van der Waals surface area contributed by atoms with Gasteiger partial charge in [-0.3, -0.25) is 14.6 Å².